The van der Waals surface area contributed by atoms with E-state index < -0.39 is 47.5 Å². The first-order chi connectivity index (χ1) is 9.16. The van der Waals surface area contributed by atoms with Crippen molar-refractivity contribution in [3.63, 3.8) is 0 Å². The highest BCUT2D eigenvalue weighted by molar-refractivity contribution is 5.72. The zero-order valence-corrected chi connectivity index (χ0v) is 10.7. The van der Waals surface area contributed by atoms with Crippen LogP contribution in [-0.2, 0) is 22.1 Å². The molecule has 0 amide bonds. The highest BCUT2D eigenvalue weighted by atomic mass is 19.4. The maximum Gasteiger partial charge on any atom is 0.433 e. The molecule has 8 heteroatoms. The fourth-order valence-electron chi connectivity index (χ4n) is 1.64. The number of hydrogen-bond donors (Lipinski definition) is 0. The first-order valence-corrected chi connectivity index (χ1v) is 5.68. The molecule has 1 heterocycles. The molecule has 0 aromatic carbocycles. The van der Waals surface area contributed by atoms with Crippen molar-refractivity contribution < 1.29 is 31.5 Å². The van der Waals surface area contributed by atoms with Crippen molar-refractivity contribution in [2.75, 3.05) is 6.61 Å². The molecule has 0 spiro atoms. The van der Waals surface area contributed by atoms with Crippen LogP contribution < -0.4 is 0 Å². The van der Waals surface area contributed by atoms with E-state index in [1.165, 1.54) is 6.92 Å². The second-order valence-corrected chi connectivity index (χ2v) is 3.96. The molecule has 0 unspecified atom stereocenters. The first-order valence-electron chi connectivity index (χ1n) is 5.68. The van der Waals surface area contributed by atoms with Gasteiger partial charge >= 0.3 is 12.1 Å². The predicted molar refractivity (Wildman–Crippen MR) is 59.3 cm³/mol. The minimum absolute atomic E-state index is 0.0402. The maximum absolute atomic E-state index is 12.8. The summed E-state index contributed by atoms with van der Waals surface area (Å²) in [5.74, 6) is -0.822. The predicted octanol–water partition coefficient (Wildman–Crippen LogP) is 3.45. The fraction of sp³-hybridized carbons (Fsp3) is 0.500. The molecule has 0 bridgehead atoms. The SMILES string of the molecule is CCOC(=O)Cc1cc(C(F)F)c(C)c(C(F)(F)F)n1. The average molecular weight is 297 g/mol. The molecule has 0 N–H and O–H groups in total. The van der Waals surface area contributed by atoms with Gasteiger partial charge in [-0.05, 0) is 25.5 Å². The highest BCUT2D eigenvalue weighted by Crippen LogP contribution is 2.34. The smallest absolute Gasteiger partial charge is 0.433 e. The molecule has 1 aromatic rings. The Balaban J connectivity index is 3.26. The van der Waals surface area contributed by atoms with Gasteiger partial charge in [0.15, 0.2) is 0 Å². The molecule has 20 heavy (non-hydrogen) atoms. The molecule has 0 aliphatic rings. The molecular formula is C12H12F5NO2. The topological polar surface area (TPSA) is 39.2 Å². The van der Waals surface area contributed by atoms with E-state index in [9.17, 15) is 26.7 Å². The fourth-order valence-corrected chi connectivity index (χ4v) is 1.64. The third-order valence-corrected chi connectivity index (χ3v) is 2.50. The van der Waals surface area contributed by atoms with Gasteiger partial charge in [-0.25, -0.2) is 13.8 Å². The summed E-state index contributed by atoms with van der Waals surface area (Å²) in [7, 11) is 0. The lowest BCUT2D eigenvalue weighted by molar-refractivity contribution is -0.144. The van der Waals surface area contributed by atoms with E-state index in [0.29, 0.717) is 0 Å². The number of carbonyl (C=O) groups is 1. The minimum atomic E-state index is -4.86. The molecular weight excluding hydrogens is 285 g/mol. The van der Waals surface area contributed by atoms with Gasteiger partial charge in [-0.3, -0.25) is 4.79 Å². The standard InChI is InChI=1S/C12H12F5NO2/c1-3-20-9(19)5-7-4-8(11(13)14)6(2)10(18-7)12(15,16)17/h4,11H,3,5H2,1-2H3. The van der Waals surface area contributed by atoms with Gasteiger partial charge in [0.1, 0.15) is 5.69 Å². The van der Waals surface area contributed by atoms with E-state index in [4.69, 9.17) is 0 Å². The van der Waals surface area contributed by atoms with Gasteiger partial charge in [0.05, 0.1) is 18.7 Å². The number of pyridine rings is 1. The van der Waals surface area contributed by atoms with E-state index >= 15 is 0 Å². The summed E-state index contributed by atoms with van der Waals surface area (Å²) < 4.78 is 68.3. The Labute approximate surface area is 111 Å². The summed E-state index contributed by atoms with van der Waals surface area (Å²) in [6.07, 6.45) is -8.53. The Morgan fingerprint density at radius 3 is 2.45 bits per heavy atom. The molecule has 0 radical (unpaired) electrons. The number of aromatic nitrogens is 1. The summed E-state index contributed by atoms with van der Waals surface area (Å²) >= 11 is 0. The van der Waals surface area contributed by atoms with Crippen LogP contribution >= 0.6 is 0 Å². The molecule has 0 aliphatic heterocycles. The van der Waals surface area contributed by atoms with E-state index in [2.05, 4.69) is 9.72 Å². The van der Waals surface area contributed by atoms with Crippen LogP contribution in [0.3, 0.4) is 0 Å². The van der Waals surface area contributed by atoms with Crippen molar-refractivity contribution in [1.29, 1.82) is 0 Å². The number of alkyl halides is 5. The van der Waals surface area contributed by atoms with Crippen LogP contribution in [0.2, 0.25) is 0 Å². The monoisotopic (exact) mass is 297 g/mol. The number of esters is 1. The van der Waals surface area contributed by atoms with Gasteiger partial charge in [0, 0.05) is 5.56 Å². The Kier molecular flexibility index (Phi) is 5.02. The van der Waals surface area contributed by atoms with Gasteiger partial charge in [-0.1, -0.05) is 0 Å². The van der Waals surface area contributed by atoms with Crippen LogP contribution in [-0.4, -0.2) is 17.6 Å². The van der Waals surface area contributed by atoms with Gasteiger partial charge in [-0.15, -0.1) is 0 Å². The molecule has 112 valence electrons. The zero-order valence-electron chi connectivity index (χ0n) is 10.7. The van der Waals surface area contributed by atoms with E-state index in [1.807, 2.05) is 0 Å². The third kappa shape index (κ3) is 3.88. The second-order valence-electron chi connectivity index (χ2n) is 3.96. The van der Waals surface area contributed by atoms with Crippen molar-refractivity contribution >= 4 is 5.97 Å². The molecule has 1 rings (SSSR count). The van der Waals surface area contributed by atoms with E-state index in [1.54, 1.807) is 0 Å². The largest absolute Gasteiger partial charge is 0.466 e. The number of nitrogens with zero attached hydrogens (tertiary/aromatic N) is 1. The lowest BCUT2D eigenvalue weighted by Crippen LogP contribution is -2.16. The highest BCUT2D eigenvalue weighted by Gasteiger charge is 2.36. The summed E-state index contributed by atoms with van der Waals surface area (Å²) in [6, 6.07) is 0.798. The molecule has 1 aromatic heterocycles. The Hall–Kier alpha value is -1.73. The van der Waals surface area contributed by atoms with Crippen molar-refractivity contribution in [1.82, 2.24) is 4.98 Å². The van der Waals surface area contributed by atoms with Crippen LogP contribution in [0, 0.1) is 6.92 Å². The molecule has 0 fully saturated rings. The molecule has 3 nitrogen and oxygen atoms in total. The quantitative estimate of drug-likeness (QED) is 0.631. The Morgan fingerprint density at radius 2 is 2.00 bits per heavy atom. The van der Waals surface area contributed by atoms with Crippen molar-refractivity contribution in [2.45, 2.75) is 32.9 Å². The molecule has 0 saturated heterocycles. The normalized spacial score (nSPS) is 11.8. The third-order valence-electron chi connectivity index (χ3n) is 2.50. The van der Waals surface area contributed by atoms with Gasteiger partial charge in [-0.2, -0.15) is 13.2 Å². The summed E-state index contributed by atoms with van der Waals surface area (Å²) in [5, 5.41) is 0. The summed E-state index contributed by atoms with van der Waals surface area (Å²) in [5.41, 5.74) is -3.22. The zero-order chi connectivity index (χ0) is 15.5. The average Bonchev–Trinajstić information content (AvgIpc) is 2.29. The van der Waals surface area contributed by atoms with Gasteiger partial charge < -0.3 is 4.74 Å². The minimum Gasteiger partial charge on any atom is -0.466 e. The van der Waals surface area contributed by atoms with Crippen molar-refractivity contribution in [3.05, 3.63) is 28.6 Å². The van der Waals surface area contributed by atoms with Crippen LogP contribution in [0.1, 0.15) is 35.9 Å². The maximum atomic E-state index is 12.8. The lowest BCUT2D eigenvalue weighted by atomic mass is 10.1. The van der Waals surface area contributed by atoms with Crippen molar-refractivity contribution in [2.24, 2.45) is 0 Å². The summed E-state index contributed by atoms with van der Waals surface area (Å²) in [6.45, 7) is 2.48. The van der Waals surface area contributed by atoms with Crippen molar-refractivity contribution in [3.8, 4) is 0 Å². The van der Waals surface area contributed by atoms with E-state index in [0.717, 1.165) is 13.0 Å². The Morgan fingerprint density at radius 1 is 1.40 bits per heavy atom. The molecule has 0 aliphatic carbocycles. The second kappa shape index (κ2) is 6.15. The molecule has 0 saturated carbocycles. The van der Waals surface area contributed by atoms with E-state index in [-0.39, 0.29) is 6.61 Å². The number of rotatable bonds is 4. The first kappa shape index (κ1) is 16.3. The van der Waals surface area contributed by atoms with Crippen LogP contribution in [0.15, 0.2) is 6.07 Å². The van der Waals surface area contributed by atoms with Gasteiger partial charge in [0.2, 0.25) is 0 Å². The van der Waals surface area contributed by atoms with Crippen LogP contribution in [0.4, 0.5) is 22.0 Å². The van der Waals surface area contributed by atoms with Crippen LogP contribution in [0.25, 0.3) is 0 Å². The lowest BCUT2D eigenvalue weighted by Gasteiger charge is -2.15. The van der Waals surface area contributed by atoms with Crippen LogP contribution in [0.5, 0.6) is 0 Å². The number of carbonyl (C=O) groups excluding carboxylic acids is 1. The van der Waals surface area contributed by atoms with Gasteiger partial charge in [0.25, 0.3) is 6.43 Å². The number of ether oxygens (including phenoxy) is 1. The number of hydrogen-bond acceptors (Lipinski definition) is 3. The number of halogens is 5. The molecule has 0 atom stereocenters. The summed E-state index contributed by atoms with van der Waals surface area (Å²) in [4.78, 5) is 14.5. The Bertz CT molecular complexity index is 499.